The number of likely N-dealkylation sites (N-methyl/N-ethyl adjacent to an activating group) is 1. The van der Waals surface area contributed by atoms with Gasteiger partial charge in [0.15, 0.2) is 0 Å². The van der Waals surface area contributed by atoms with E-state index in [0.29, 0.717) is 11.4 Å². The summed E-state index contributed by atoms with van der Waals surface area (Å²) in [6.45, 7) is 0.729. The predicted molar refractivity (Wildman–Crippen MR) is 73.1 cm³/mol. The molecule has 6 heteroatoms. The molecule has 0 radical (unpaired) electrons. The third kappa shape index (κ3) is 3.13. The molecule has 0 spiro atoms. The Morgan fingerprint density at radius 2 is 2.37 bits per heavy atom. The number of carbonyl (C=O) groups is 2. The first-order valence-electron chi connectivity index (χ1n) is 6.32. The fourth-order valence-corrected chi connectivity index (χ4v) is 3.03. The molecule has 1 aliphatic rings. The normalized spacial score (nSPS) is 18.6. The number of nitrogens with zero attached hydrogens (tertiary/aromatic N) is 2. The van der Waals surface area contributed by atoms with Crippen LogP contribution in [0, 0.1) is 0 Å². The van der Waals surface area contributed by atoms with Gasteiger partial charge in [0.1, 0.15) is 0 Å². The minimum Gasteiger partial charge on any atom is -0.394 e. The minimum atomic E-state index is -0.136. The van der Waals surface area contributed by atoms with Gasteiger partial charge in [-0.15, -0.1) is 11.3 Å². The van der Waals surface area contributed by atoms with Crippen molar-refractivity contribution >= 4 is 23.2 Å². The van der Waals surface area contributed by atoms with Crippen molar-refractivity contribution < 1.29 is 14.7 Å². The summed E-state index contributed by atoms with van der Waals surface area (Å²) in [6, 6.07) is 3.48. The predicted octanol–water partition coefficient (Wildman–Crippen LogP) is 0.803. The summed E-state index contributed by atoms with van der Waals surface area (Å²) in [5.74, 6) is -0.230. The van der Waals surface area contributed by atoms with Crippen molar-refractivity contribution in [2.45, 2.75) is 18.9 Å². The van der Waals surface area contributed by atoms with E-state index >= 15 is 0 Å². The standard InChI is InChI=1S/C13H18N2O3S/c1-14(13(18)11-5-3-7-19-11)8-12(17)15-6-2-4-10(15)9-16/h3,5,7,10,16H,2,4,6,8-9H2,1H3/t10-/m0/s1. The van der Waals surface area contributed by atoms with E-state index in [2.05, 4.69) is 0 Å². The van der Waals surface area contributed by atoms with E-state index in [1.807, 2.05) is 11.4 Å². The Kier molecular flexibility index (Phi) is 4.55. The van der Waals surface area contributed by atoms with Crippen LogP contribution < -0.4 is 0 Å². The molecule has 19 heavy (non-hydrogen) atoms. The van der Waals surface area contributed by atoms with Crippen molar-refractivity contribution in [3.8, 4) is 0 Å². The summed E-state index contributed by atoms with van der Waals surface area (Å²) in [5.41, 5.74) is 0. The van der Waals surface area contributed by atoms with Crippen molar-refractivity contribution in [2.24, 2.45) is 0 Å². The summed E-state index contributed by atoms with van der Waals surface area (Å²) in [5, 5.41) is 11.0. The van der Waals surface area contributed by atoms with Crippen molar-refractivity contribution in [1.29, 1.82) is 0 Å². The molecule has 1 N–H and O–H groups in total. The van der Waals surface area contributed by atoms with Gasteiger partial charge in [-0.2, -0.15) is 0 Å². The van der Waals surface area contributed by atoms with Crippen LogP contribution in [0.1, 0.15) is 22.5 Å². The Labute approximate surface area is 116 Å². The van der Waals surface area contributed by atoms with Crippen molar-refractivity contribution in [3.63, 3.8) is 0 Å². The van der Waals surface area contributed by atoms with Crippen molar-refractivity contribution in [2.75, 3.05) is 26.7 Å². The SMILES string of the molecule is CN(CC(=O)N1CCC[C@H]1CO)C(=O)c1cccs1. The Morgan fingerprint density at radius 1 is 1.58 bits per heavy atom. The lowest BCUT2D eigenvalue weighted by Crippen LogP contribution is -2.44. The molecule has 104 valence electrons. The van der Waals surface area contributed by atoms with Gasteiger partial charge in [0.05, 0.1) is 24.1 Å². The first-order chi connectivity index (χ1) is 9.13. The molecule has 2 heterocycles. The molecular formula is C13H18N2O3S. The number of likely N-dealkylation sites (tertiary alicyclic amines) is 1. The quantitative estimate of drug-likeness (QED) is 0.888. The molecule has 1 aliphatic heterocycles. The van der Waals surface area contributed by atoms with Crippen LogP contribution in [0.25, 0.3) is 0 Å². The average molecular weight is 282 g/mol. The molecule has 0 saturated carbocycles. The second kappa shape index (κ2) is 6.16. The summed E-state index contributed by atoms with van der Waals surface area (Å²) in [7, 11) is 1.63. The number of aliphatic hydroxyl groups is 1. The van der Waals surface area contributed by atoms with Crippen LogP contribution in [0.3, 0.4) is 0 Å². The maximum absolute atomic E-state index is 12.1. The molecular weight excluding hydrogens is 264 g/mol. The maximum Gasteiger partial charge on any atom is 0.264 e. The molecule has 5 nitrogen and oxygen atoms in total. The average Bonchev–Trinajstić information content (AvgIpc) is 3.08. The van der Waals surface area contributed by atoms with E-state index in [-0.39, 0.29) is 31.0 Å². The van der Waals surface area contributed by atoms with Gasteiger partial charge in [-0.25, -0.2) is 0 Å². The summed E-state index contributed by atoms with van der Waals surface area (Å²) >= 11 is 1.37. The third-order valence-corrected chi connectivity index (χ3v) is 4.22. The van der Waals surface area contributed by atoms with E-state index in [0.717, 1.165) is 12.8 Å². The summed E-state index contributed by atoms with van der Waals surface area (Å²) < 4.78 is 0. The monoisotopic (exact) mass is 282 g/mol. The molecule has 2 rings (SSSR count). The lowest BCUT2D eigenvalue weighted by atomic mass is 10.2. The smallest absolute Gasteiger partial charge is 0.264 e. The van der Waals surface area contributed by atoms with Gasteiger partial charge in [0.2, 0.25) is 5.91 Å². The van der Waals surface area contributed by atoms with E-state index < -0.39 is 0 Å². The largest absolute Gasteiger partial charge is 0.394 e. The highest BCUT2D eigenvalue weighted by Gasteiger charge is 2.29. The van der Waals surface area contributed by atoms with Crippen LogP contribution in [-0.4, -0.2) is 59.5 Å². The van der Waals surface area contributed by atoms with Gasteiger partial charge >= 0.3 is 0 Å². The maximum atomic E-state index is 12.1. The zero-order chi connectivity index (χ0) is 13.8. The number of aliphatic hydroxyl groups excluding tert-OH is 1. The molecule has 0 aromatic carbocycles. The zero-order valence-electron chi connectivity index (χ0n) is 10.9. The van der Waals surface area contributed by atoms with Gasteiger partial charge in [0, 0.05) is 13.6 Å². The fourth-order valence-electron chi connectivity index (χ4n) is 2.31. The fraction of sp³-hybridized carbons (Fsp3) is 0.538. The summed E-state index contributed by atoms with van der Waals surface area (Å²) in [6.07, 6.45) is 1.75. The number of hydrogen-bond acceptors (Lipinski definition) is 4. The number of hydrogen-bond donors (Lipinski definition) is 1. The first-order valence-corrected chi connectivity index (χ1v) is 7.20. The van der Waals surface area contributed by atoms with Gasteiger partial charge in [-0.1, -0.05) is 6.07 Å². The Balaban J connectivity index is 1.93. The highest BCUT2D eigenvalue weighted by molar-refractivity contribution is 7.12. The molecule has 1 atom stereocenters. The van der Waals surface area contributed by atoms with Crippen LogP contribution >= 0.6 is 11.3 Å². The van der Waals surface area contributed by atoms with Crippen LogP contribution in [-0.2, 0) is 4.79 Å². The highest BCUT2D eigenvalue weighted by Crippen LogP contribution is 2.17. The van der Waals surface area contributed by atoms with Crippen LogP contribution in [0.4, 0.5) is 0 Å². The van der Waals surface area contributed by atoms with E-state index in [4.69, 9.17) is 0 Å². The zero-order valence-corrected chi connectivity index (χ0v) is 11.7. The molecule has 0 bridgehead atoms. The number of thiophene rings is 1. The molecule has 0 unspecified atom stereocenters. The molecule has 2 amide bonds. The van der Waals surface area contributed by atoms with E-state index in [1.165, 1.54) is 16.2 Å². The van der Waals surface area contributed by atoms with Gasteiger partial charge in [-0.05, 0) is 24.3 Å². The van der Waals surface area contributed by atoms with E-state index in [1.54, 1.807) is 18.0 Å². The topological polar surface area (TPSA) is 60.9 Å². The number of amides is 2. The summed E-state index contributed by atoms with van der Waals surface area (Å²) in [4.78, 5) is 27.9. The highest BCUT2D eigenvalue weighted by atomic mass is 32.1. The molecule has 1 fully saturated rings. The Bertz CT molecular complexity index is 447. The molecule has 1 aromatic heterocycles. The number of carbonyl (C=O) groups excluding carboxylic acids is 2. The molecule has 1 aromatic rings. The van der Waals surface area contributed by atoms with Crippen LogP contribution in [0.5, 0.6) is 0 Å². The second-order valence-corrected chi connectivity index (χ2v) is 5.65. The first kappa shape index (κ1) is 14.0. The lowest BCUT2D eigenvalue weighted by molar-refractivity contribution is -0.133. The molecule has 1 saturated heterocycles. The van der Waals surface area contributed by atoms with E-state index in [9.17, 15) is 14.7 Å². The van der Waals surface area contributed by atoms with Crippen molar-refractivity contribution in [1.82, 2.24) is 9.80 Å². The van der Waals surface area contributed by atoms with Crippen molar-refractivity contribution in [3.05, 3.63) is 22.4 Å². The third-order valence-electron chi connectivity index (χ3n) is 3.36. The van der Waals surface area contributed by atoms with Crippen LogP contribution in [0.2, 0.25) is 0 Å². The second-order valence-electron chi connectivity index (χ2n) is 4.70. The Hall–Kier alpha value is -1.40. The van der Waals surface area contributed by atoms with Gasteiger partial charge in [0.25, 0.3) is 5.91 Å². The van der Waals surface area contributed by atoms with Gasteiger partial charge in [-0.3, -0.25) is 9.59 Å². The van der Waals surface area contributed by atoms with Crippen LogP contribution in [0.15, 0.2) is 17.5 Å². The number of rotatable bonds is 4. The minimum absolute atomic E-state index is 0.00563. The Morgan fingerprint density at radius 3 is 3.00 bits per heavy atom. The molecule has 0 aliphatic carbocycles. The van der Waals surface area contributed by atoms with Gasteiger partial charge < -0.3 is 14.9 Å². The lowest BCUT2D eigenvalue weighted by Gasteiger charge is -2.25.